The number of hydrogen-bond donors (Lipinski definition) is 2. The number of nitrogens with zero attached hydrogens (tertiary/aromatic N) is 1. The molecule has 0 unspecified atom stereocenters. The van der Waals surface area contributed by atoms with Gasteiger partial charge in [0.05, 0.1) is 33.5 Å². The Balaban J connectivity index is 0.00000241. The third-order valence-corrected chi connectivity index (χ3v) is 6.13. The fourth-order valence-corrected chi connectivity index (χ4v) is 4.31. The Hall–Kier alpha value is -3.20. The first-order chi connectivity index (χ1) is 17.0. The maximum absolute atomic E-state index is 13.3. The molecule has 0 amide bonds. The summed E-state index contributed by atoms with van der Waals surface area (Å²) in [6.07, 6.45) is 1.06. The first-order valence-electron chi connectivity index (χ1n) is 11.5. The van der Waals surface area contributed by atoms with E-state index in [1.807, 2.05) is 37.3 Å². The minimum atomic E-state index is -0.129. The lowest BCUT2D eigenvalue weighted by atomic mass is 9.97. The van der Waals surface area contributed by atoms with Crippen LogP contribution in [0.25, 0.3) is 21.7 Å². The van der Waals surface area contributed by atoms with Gasteiger partial charge in [-0.2, -0.15) is 0 Å². The Labute approximate surface area is 228 Å². The zero-order valence-corrected chi connectivity index (χ0v) is 23.2. The van der Waals surface area contributed by atoms with Crippen molar-refractivity contribution in [1.29, 1.82) is 0 Å². The van der Waals surface area contributed by atoms with E-state index in [-0.39, 0.29) is 30.4 Å². The van der Waals surface area contributed by atoms with Crippen LogP contribution >= 0.6 is 24.8 Å². The molecule has 0 radical (unpaired) electrons. The number of fused-ring (bicyclic) bond motifs is 2. The van der Waals surface area contributed by atoms with Crippen molar-refractivity contribution >= 4 is 52.3 Å². The maximum Gasteiger partial charge on any atom is 0.252 e. The van der Waals surface area contributed by atoms with Crippen LogP contribution in [-0.4, -0.2) is 51.6 Å². The number of anilines is 1. The van der Waals surface area contributed by atoms with Gasteiger partial charge < -0.3 is 29.2 Å². The minimum absolute atomic E-state index is 0. The number of methoxy groups -OCH3 is 4. The van der Waals surface area contributed by atoms with Crippen LogP contribution in [-0.2, 0) is 17.6 Å². The minimum Gasteiger partial charge on any atom is -0.497 e. The summed E-state index contributed by atoms with van der Waals surface area (Å²) in [4.78, 5) is 21.2. The average Bonchev–Trinajstić information content (AvgIpc) is 2.89. The largest absolute Gasteiger partial charge is 0.497 e. The van der Waals surface area contributed by atoms with Crippen LogP contribution in [0.1, 0.15) is 23.7 Å². The molecule has 0 atom stereocenters. The number of pyridine rings is 2. The van der Waals surface area contributed by atoms with E-state index in [9.17, 15) is 4.79 Å². The molecule has 0 aliphatic heterocycles. The molecule has 0 aliphatic carbocycles. The monoisotopic (exact) mass is 549 g/mol. The number of aryl methyl sites for hydroxylation is 1. The van der Waals surface area contributed by atoms with Gasteiger partial charge in [-0.1, -0.05) is 6.92 Å². The summed E-state index contributed by atoms with van der Waals surface area (Å²) in [7, 11) is 6.49. The molecule has 0 aliphatic rings. The number of halogens is 2. The molecule has 0 fully saturated rings. The van der Waals surface area contributed by atoms with E-state index in [2.05, 4.69) is 16.4 Å². The third kappa shape index (κ3) is 6.21. The topological polar surface area (TPSA) is 94.7 Å². The van der Waals surface area contributed by atoms with Crippen molar-refractivity contribution in [3.63, 3.8) is 0 Å². The van der Waals surface area contributed by atoms with E-state index in [0.717, 1.165) is 38.7 Å². The number of benzene rings is 2. The van der Waals surface area contributed by atoms with Crippen LogP contribution in [0.4, 0.5) is 5.82 Å². The smallest absolute Gasteiger partial charge is 0.252 e. The Morgan fingerprint density at radius 2 is 1.62 bits per heavy atom. The van der Waals surface area contributed by atoms with Crippen LogP contribution in [0.15, 0.2) is 41.2 Å². The second kappa shape index (κ2) is 13.4. The van der Waals surface area contributed by atoms with Gasteiger partial charge in [-0.3, -0.25) is 4.79 Å². The molecular formula is C27H33Cl2N3O5. The number of hydrogen-bond acceptors (Lipinski definition) is 7. The second-order valence-electron chi connectivity index (χ2n) is 8.17. The van der Waals surface area contributed by atoms with Crippen molar-refractivity contribution in [2.45, 2.75) is 19.8 Å². The van der Waals surface area contributed by atoms with Gasteiger partial charge in [-0.05, 0) is 53.8 Å². The molecule has 0 saturated heterocycles. The highest BCUT2D eigenvalue weighted by Crippen LogP contribution is 2.35. The normalized spacial score (nSPS) is 10.5. The van der Waals surface area contributed by atoms with E-state index in [1.54, 1.807) is 28.4 Å². The van der Waals surface area contributed by atoms with Gasteiger partial charge in [0.2, 0.25) is 0 Å². The van der Waals surface area contributed by atoms with Crippen LogP contribution in [0.5, 0.6) is 17.2 Å². The molecule has 4 aromatic rings. The van der Waals surface area contributed by atoms with Crippen molar-refractivity contribution in [2.75, 3.05) is 46.9 Å². The van der Waals surface area contributed by atoms with Gasteiger partial charge in [-0.25, -0.2) is 4.98 Å². The lowest BCUT2D eigenvalue weighted by molar-refractivity contribution is 0.210. The predicted octanol–water partition coefficient (Wildman–Crippen LogP) is 5.16. The maximum atomic E-state index is 13.3. The summed E-state index contributed by atoms with van der Waals surface area (Å²) in [6, 6.07) is 11.6. The van der Waals surface area contributed by atoms with E-state index in [1.165, 1.54) is 0 Å². The lowest BCUT2D eigenvalue weighted by Crippen LogP contribution is -2.18. The van der Waals surface area contributed by atoms with E-state index >= 15 is 0 Å². The van der Waals surface area contributed by atoms with Crippen molar-refractivity contribution < 1.29 is 18.9 Å². The zero-order chi connectivity index (χ0) is 24.9. The molecule has 0 spiro atoms. The summed E-state index contributed by atoms with van der Waals surface area (Å²) >= 11 is 0. The van der Waals surface area contributed by atoms with Gasteiger partial charge in [0.25, 0.3) is 5.56 Å². The number of aromatic amines is 1. The Kier molecular flexibility index (Phi) is 10.9. The molecule has 0 bridgehead atoms. The summed E-state index contributed by atoms with van der Waals surface area (Å²) in [5, 5.41) is 6.06. The molecule has 2 heterocycles. The first kappa shape index (κ1) is 30.0. The van der Waals surface area contributed by atoms with Crippen molar-refractivity contribution in [2.24, 2.45) is 0 Å². The highest BCUT2D eigenvalue weighted by Gasteiger charge is 2.18. The second-order valence-corrected chi connectivity index (χ2v) is 8.17. The molecule has 0 saturated carbocycles. The van der Waals surface area contributed by atoms with Gasteiger partial charge in [0.15, 0.2) is 11.5 Å². The van der Waals surface area contributed by atoms with E-state index in [4.69, 9.17) is 23.9 Å². The summed E-state index contributed by atoms with van der Waals surface area (Å²) in [6.45, 7) is 3.14. The standard InChI is InChI=1S/C27H31N3O5.2ClH/c1-6-22-20-15-25(35-5)24(34-4)14-19(20)21(27(31)30-22)13-17-11-16-12-18(33-3)7-8-23(16)29-26(17)28-9-10-32-2;;/h7-8,11-12,14-15H,6,9-10,13H2,1-5H3,(H,28,29)(H,30,31);2*1H. The Bertz CT molecular complexity index is 1430. The summed E-state index contributed by atoms with van der Waals surface area (Å²) in [5.74, 6) is 2.66. The molecule has 200 valence electrons. The molecular weight excluding hydrogens is 517 g/mol. The zero-order valence-electron chi connectivity index (χ0n) is 21.6. The molecule has 2 aromatic heterocycles. The number of aromatic nitrogens is 2. The van der Waals surface area contributed by atoms with Crippen LogP contribution < -0.4 is 25.1 Å². The molecule has 2 aromatic carbocycles. The Morgan fingerprint density at radius 1 is 0.919 bits per heavy atom. The SMILES string of the molecule is CCc1[nH]c(=O)c(Cc2cc3cc(OC)ccc3nc2NCCOC)c2cc(OC)c(OC)cc12.Cl.Cl. The van der Waals surface area contributed by atoms with Crippen molar-refractivity contribution in [3.8, 4) is 17.2 Å². The number of rotatable bonds is 10. The number of nitrogens with one attached hydrogen (secondary N) is 2. The van der Waals surface area contributed by atoms with Crippen LogP contribution in [0.3, 0.4) is 0 Å². The highest BCUT2D eigenvalue weighted by atomic mass is 35.5. The molecule has 2 N–H and O–H groups in total. The van der Waals surface area contributed by atoms with Crippen LogP contribution in [0, 0.1) is 0 Å². The summed E-state index contributed by atoms with van der Waals surface area (Å²) < 4.78 is 21.7. The summed E-state index contributed by atoms with van der Waals surface area (Å²) in [5.41, 5.74) is 3.09. The molecule has 8 nitrogen and oxygen atoms in total. The van der Waals surface area contributed by atoms with E-state index < -0.39 is 0 Å². The molecule has 10 heteroatoms. The molecule has 4 rings (SSSR count). The van der Waals surface area contributed by atoms with Gasteiger partial charge >= 0.3 is 0 Å². The van der Waals surface area contributed by atoms with Gasteiger partial charge in [0, 0.05) is 42.1 Å². The fourth-order valence-electron chi connectivity index (χ4n) is 4.31. The van der Waals surface area contributed by atoms with Gasteiger partial charge in [0.1, 0.15) is 11.6 Å². The number of ether oxygens (including phenoxy) is 4. The highest BCUT2D eigenvalue weighted by molar-refractivity contribution is 5.91. The quantitative estimate of drug-likeness (QED) is 0.264. The average molecular weight is 550 g/mol. The fraction of sp³-hybridized carbons (Fsp3) is 0.333. The van der Waals surface area contributed by atoms with E-state index in [0.29, 0.717) is 48.9 Å². The van der Waals surface area contributed by atoms with Crippen molar-refractivity contribution in [1.82, 2.24) is 9.97 Å². The first-order valence-corrected chi connectivity index (χ1v) is 11.5. The Morgan fingerprint density at radius 3 is 2.24 bits per heavy atom. The van der Waals surface area contributed by atoms with Gasteiger partial charge in [-0.15, -0.1) is 24.8 Å². The molecule has 37 heavy (non-hydrogen) atoms. The van der Waals surface area contributed by atoms with Crippen molar-refractivity contribution in [3.05, 3.63) is 63.6 Å². The third-order valence-electron chi connectivity index (χ3n) is 6.13. The lowest BCUT2D eigenvalue weighted by Gasteiger charge is -2.16. The van der Waals surface area contributed by atoms with Crippen LogP contribution in [0.2, 0.25) is 0 Å². The number of H-pyrrole nitrogens is 1. The predicted molar refractivity (Wildman–Crippen MR) is 153 cm³/mol.